The Morgan fingerprint density at radius 3 is 2.95 bits per heavy atom. The molecule has 3 rings (SSSR count). The molecule has 112 valence electrons. The van der Waals surface area contributed by atoms with E-state index in [0.717, 1.165) is 19.5 Å². The van der Waals surface area contributed by atoms with E-state index in [9.17, 15) is 0 Å². The van der Waals surface area contributed by atoms with E-state index in [0.29, 0.717) is 24.4 Å². The van der Waals surface area contributed by atoms with Crippen molar-refractivity contribution in [3.8, 4) is 0 Å². The number of hydrogen-bond donors (Lipinski definition) is 1. The molecule has 2 heterocycles. The zero-order valence-electron chi connectivity index (χ0n) is 12.5. The van der Waals surface area contributed by atoms with Crippen molar-refractivity contribution in [2.75, 3.05) is 25.0 Å². The molecule has 21 heavy (non-hydrogen) atoms. The fraction of sp³-hybridized carbons (Fsp3) is 0.500. The third-order valence-corrected chi connectivity index (χ3v) is 3.95. The first-order valence-corrected chi connectivity index (χ1v) is 7.68. The van der Waals surface area contributed by atoms with E-state index in [-0.39, 0.29) is 0 Å². The van der Waals surface area contributed by atoms with Crippen LogP contribution in [0, 0.1) is 0 Å². The van der Waals surface area contributed by atoms with Gasteiger partial charge in [0.15, 0.2) is 0 Å². The molecule has 1 saturated heterocycles. The summed E-state index contributed by atoms with van der Waals surface area (Å²) < 4.78 is 5.71. The second-order valence-electron chi connectivity index (χ2n) is 5.54. The largest absolute Gasteiger partial charge is 0.408 e. The Bertz CT molecular complexity index is 554. The van der Waals surface area contributed by atoms with Gasteiger partial charge in [-0.15, -0.1) is 5.10 Å². The lowest BCUT2D eigenvalue weighted by Crippen LogP contribution is -2.41. The van der Waals surface area contributed by atoms with Gasteiger partial charge >= 0.3 is 6.01 Å². The van der Waals surface area contributed by atoms with Gasteiger partial charge < -0.3 is 14.6 Å². The molecule has 1 aliphatic rings. The van der Waals surface area contributed by atoms with Crippen molar-refractivity contribution in [3.05, 3.63) is 41.8 Å². The zero-order valence-corrected chi connectivity index (χ0v) is 12.5. The maximum atomic E-state index is 5.71. The number of nitrogens with one attached hydrogen (secondary N) is 1. The molecule has 1 unspecified atom stereocenters. The summed E-state index contributed by atoms with van der Waals surface area (Å²) in [6.45, 7) is 5.54. The molecule has 1 aromatic carbocycles. The van der Waals surface area contributed by atoms with Gasteiger partial charge in [-0.25, -0.2) is 0 Å². The third-order valence-electron chi connectivity index (χ3n) is 3.95. The van der Waals surface area contributed by atoms with Crippen molar-refractivity contribution in [3.63, 3.8) is 0 Å². The molecule has 1 N–H and O–H groups in total. The van der Waals surface area contributed by atoms with Crippen LogP contribution < -0.4 is 5.32 Å². The van der Waals surface area contributed by atoms with Crippen LogP contribution >= 0.6 is 0 Å². The van der Waals surface area contributed by atoms with Gasteiger partial charge in [-0.2, -0.15) is 0 Å². The van der Waals surface area contributed by atoms with E-state index in [1.807, 2.05) is 18.2 Å². The fourth-order valence-electron chi connectivity index (χ4n) is 2.79. The van der Waals surface area contributed by atoms with E-state index in [1.165, 1.54) is 18.5 Å². The number of likely N-dealkylation sites (N-methyl/N-ethyl adjacent to an activating group) is 1. The fourth-order valence-corrected chi connectivity index (χ4v) is 2.79. The molecule has 5 heteroatoms. The number of benzene rings is 1. The van der Waals surface area contributed by atoms with Crippen LogP contribution in [0.3, 0.4) is 0 Å². The van der Waals surface area contributed by atoms with Crippen molar-refractivity contribution < 1.29 is 4.42 Å². The summed E-state index contributed by atoms with van der Waals surface area (Å²) in [5.41, 5.74) is 1.18. The summed E-state index contributed by atoms with van der Waals surface area (Å²) in [4.78, 5) is 2.45. The highest BCUT2D eigenvalue weighted by molar-refractivity contribution is 5.23. The number of anilines is 1. The monoisotopic (exact) mass is 286 g/mol. The predicted octanol–water partition coefficient (Wildman–Crippen LogP) is 2.56. The van der Waals surface area contributed by atoms with Crippen LogP contribution in [0.2, 0.25) is 0 Å². The summed E-state index contributed by atoms with van der Waals surface area (Å²) in [5.74, 6) is 0.659. The number of aromatic nitrogens is 2. The standard InChI is InChI=1S/C16H22N4O/c1-2-20-10-6-9-14(12-20)17-16-19-18-15(21-16)11-13-7-4-3-5-8-13/h3-5,7-8,14H,2,6,9-12H2,1H3,(H,17,19). The van der Waals surface area contributed by atoms with E-state index in [4.69, 9.17) is 4.42 Å². The number of likely N-dealkylation sites (tertiary alicyclic amines) is 1. The predicted molar refractivity (Wildman–Crippen MR) is 82.3 cm³/mol. The molecule has 0 radical (unpaired) electrons. The van der Waals surface area contributed by atoms with Gasteiger partial charge in [-0.1, -0.05) is 42.4 Å². The lowest BCUT2D eigenvalue weighted by atomic mass is 10.1. The molecule has 1 aromatic heterocycles. The van der Waals surface area contributed by atoms with E-state index in [2.05, 4.69) is 39.5 Å². The SMILES string of the molecule is CCN1CCCC(Nc2nnc(Cc3ccccc3)o2)C1. The van der Waals surface area contributed by atoms with Crippen molar-refractivity contribution in [1.29, 1.82) is 0 Å². The van der Waals surface area contributed by atoms with Gasteiger partial charge in [0.25, 0.3) is 0 Å². The van der Waals surface area contributed by atoms with Crippen LogP contribution in [0.15, 0.2) is 34.7 Å². The zero-order chi connectivity index (χ0) is 14.5. The van der Waals surface area contributed by atoms with Gasteiger partial charge in [0, 0.05) is 12.6 Å². The second kappa shape index (κ2) is 6.72. The van der Waals surface area contributed by atoms with Gasteiger partial charge in [0.1, 0.15) is 0 Å². The number of nitrogens with zero attached hydrogens (tertiary/aromatic N) is 3. The van der Waals surface area contributed by atoms with Gasteiger partial charge in [0.2, 0.25) is 5.89 Å². The number of piperidine rings is 1. The summed E-state index contributed by atoms with van der Waals surface area (Å²) in [7, 11) is 0. The molecular formula is C16H22N4O. The van der Waals surface area contributed by atoms with Gasteiger partial charge in [-0.3, -0.25) is 0 Å². The summed E-state index contributed by atoms with van der Waals surface area (Å²) in [6, 6.07) is 11.1. The summed E-state index contributed by atoms with van der Waals surface area (Å²) in [5, 5.41) is 11.6. The molecule has 0 spiro atoms. The van der Waals surface area contributed by atoms with Crippen molar-refractivity contribution in [1.82, 2.24) is 15.1 Å². The van der Waals surface area contributed by atoms with Gasteiger partial charge in [0.05, 0.1) is 6.42 Å². The van der Waals surface area contributed by atoms with Crippen LogP contribution in [0.1, 0.15) is 31.2 Å². The summed E-state index contributed by atoms with van der Waals surface area (Å²) in [6.07, 6.45) is 3.06. The Hall–Kier alpha value is -1.88. The average Bonchev–Trinajstić information content (AvgIpc) is 2.95. The molecule has 1 atom stereocenters. The smallest absolute Gasteiger partial charge is 0.315 e. The highest BCUT2D eigenvalue weighted by atomic mass is 16.4. The van der Waals surface area contributed by atoms with E-state index >= 15 is 0 Å². The highest BCUT2D eigenvalue weighted by Gasteiger charge is 2.20. The van der Waals surface area contributed by atoms with Crippen LogP contribution in [-0.2, 0) is 6.42 Å². The Morgan fingerprint density at radius 1 is 1.29 bits per heavy atom. The highest BCUT2D eigenvalue weighted by Crippen LogP contribution is 2.16. The van der Waals surface area contributed by atoms with Crippen LogP contribution in [0.5, 0.6) is 0 Å². The van der Waals surface area contributed by atoms with Crippen molar-refractivity contribution in [2.45, 2.75) is 32.2 Å². The lowest BCUT2D eigenvalue weighted by molar-refractivity contribution is 0.225. The van der Waals surface area contributed by atoms with Crippen LogP contribution in [-0.4, -0.2) is 40.8 Å². The minimum Gasteiger partial charge on any atom is -0.408 e. The Balaban J connectivity index is 1.57. The summed E-state index contributed by atoms with van der Waals surface area (Å²) >= 11 is 0. The maximum Gasteiger partial charge on any atom is 0.315 e. The average molecular weight is 286 g/mol. The van der Waals surface area contributed by atoms with Gasteiger partial charge in [-0.05, 0) is 31.5 Å². The van der Waals surface area contributed by atoms with Crippen LogP contribution in [0.4, 0.5) is 6.01 Å². The topological polar surface area (TPSA) is 54.2 Å². The quantitative estimate of drug-likeness (QED) is 0.915. The molecule has 1 aliphatic heterocycles. The van der Waals surface area contributed by atoms with Crippen molar-refractivity contribution in [2.24, 2.45) is 0 Å². The number of hydrogen-bond acceptors (Lipinski definition) is 5. The first-order valence-electron chi connectivity index (χ1n) is 7.68. The molecule has 2 aromatic rings. The first-order chi connectivity index (χ1) is 10.3. The van der Waals surface area contributed by atoms with Crippen molar-refractivity contribution >= 4 is 6.01 Å². The normalized spacial score (nSPS) is 19.6. The Morgan fingerprint density at radius 2 is 2.14 bits per heavy atom. The lowest BCUT2D eigenvalue weighted by Gasteiger charge is -2.31. The molecule has 0 amide bonds. The van der Waals surface area contributed by atoms with E-state index < -0.39 is 0 Å². The molecule has 0 aliphatic carbocycles. The Labute approximate surface area is 125 Å². The molecular weight excluding hydrogens is 264 g/mol. The number of rotatable bonds is 5. The van der Waals surface area contributed by atoms with E-state index in [1.54, 1.807) is 0 Å². The third kappa shape index (κ3) is 3.82. The minimum atomic E-state index is 0.406. The molecule has 0 bridgehead atoms. The maximum absolute atomic E-state index is 5.71. The molecule has 0 saturated carbocycles. The first kappa shape index (κ1) is 14.1. The minimum absolute atomic E-state index is 0.406. The second-order valence-corrected chi connectivity index (χ2v) is 5.54. The molecule has 5 nitrogen and oxygen atoms in total. The van der Waals surface area contributed by atoms with Crippen LogP contribution in [0.25, 0.3) is 0 Å². The molecule has 1 fully saturated rings. The Kier molecular flexibility index (Phi) is 4.50.